The summed E-state index contributed by atoms with van der Waals surface area (Å²) in [7, 11) is 0. The van der Waals surface area contributed by atoms with Crippen LogP contribution >= 0.6 is 24.0 Å². The molecule has 0 atom stereocenters. The molecule has 0 spiro atoms. The number of likely N-dealkylation sites (tertiary alicyclic amines) is 2. The third-order valence-corrected chi connectivity index (χ3v) is 6.57. The molecular formula is C19H28N3OS2+. The Hall–Kier alpha value is -1.11. The number of amides is 1. The number of rotatable bonds is 5. The fraction of sp³-hybridized carbons (Fsp3) is 0.579. The number of thioether (sulfide) groups is 1. The summed E-state index contributed by atoms with van der Waals surface area (Å²) in [6, 6.07) is 11.0. The molecule has 2 N–H and O–H groups in total. The van der Waals surface area contributed by atoms with Crippen LogP contribution in [-0.4, -0.2) is 53.1 Å². The minimum Gasteiger partial charge on any atom is -0.358 e. The molecule has 2 heterocycles. The number of nitrogens with one attached hydrogen (secondary N) is 2. The molecule has 1 amide bonds. The highest BCUT2D eigenvalue weighted by molar-refractivity contribution is 8.23. The van der Waals surface area contributed by atoms with E-state index in [1.54, 1.807) is 4.90 Å². The van der Waals surface area contributed by atoms with Gasteiger partial charge < -0.3 is 15.1 Å². The number of nitrogens with zero attached hydrogens (tertiary/aromatic N) is 1. The highest BCUT2D eigenvalue weighted by Crippen LogP contribution is 2.16. The second kappa shape index (κ2) is 9.55. The van der Waals surface area contributed by atoms with Gasteiger partial charge in [0.1, 0.15) is 10.9 Å². The quantitative estimate of drug-likeness (QED) is 0.761. The normalized spacial score (nSPS) is 23.4. The van der Waals surface area contributed by atoms with Gasteiger partial charge in [-0.15, -0.1) is 0 Å². The molecule has 0 radical (unpaired) electrons. The van der Waals surface area contributed by atoms with Crippen molar-refractivity contribution in [2.75, 3.05) is 31.9 Å². The minimum absolute atomic E-state index is 0.128. The summed E-state index contributed by atoms with van der Waals surface area (Å²) in [6.07, 6.45) is 4.57. The van der Waals surface area contributed by atoms with E-state index in [2.05, 4.69) is 40.5 Å². The van der Waals surface area contributed by atoms with Crippen LogP contribution in [0.3, 0.4) is 0 Å². The Morgan fingerprint density at radius 2 is 1.88 bits per heavy atom. The Balaban J connectivity index is 1.32. The average molecular weight is 379 g/mol. The average Bonchev–Trinajstić information content (AvgIpc) is 3.17. The molecule has 0 aliphatic carbocycles. The Bertz CT molecular complexity index is 567. The zero-order valence-corrected chi connectivity index (χ0v) is 16.3. The largest absolute Gasteiger partial charge is 0.358 e. The first kappa shape index (κ1) is 18.7. The van der Waals surface area contributed by atoms with E-state index in [1.165, 1.54) is 30.2 Å². The first-order chi connectivity index (χ1) is 12.2. The van der Waals surface area contributed by atoms with Gasteiger partial charge >= 0.3 is 0 Å². The Morgan fingerprint density at radius 3 is 2.56 bits per heavy atom. The smallest absolute Gasteiger partial charge is 0.230 e. The standard InChI is InChI=1S/C19H27N3OS2/c23-18(15-25-19(24)22-10-4-5-11-22)20-17-8-12-21(13-9-17)14-16-6-2-1-3-7-16/h1-3,6-7,17H,4-5,8-15H2,(H,20,23)/p+1. The van der Waals surface area contributed by atoms with Crippen molar-refractivity contribution in [3.05, 3.63) is 35.9 Å². The number of piperidine rings is 1. The SMILES string of the molecule is O=C(CSC(=S)N1CCCC1)NC1CC[NH+](Cc2ccccc2)CC1. The number of quaternary nitrogens is 1. The molecule has 0 bridgehead atoms. The van der Waals surface area contributed by atoms with Gasteiger partial charge in [-0.25, -0.2) is 0 Å². The molecule has 2 saturated heterocycles. The van der Waals surface area contributed by atoms with Crippen molar-refractivity contribution in [2.24, 2.45) is 0 Å². The number of hydrogen-bond donors (Lipinski definition) is 2. The zero-order valence-electron chi connectivity index (χ0n) is 14.7. The van der Waals surface area contributed by atoms with Crippen molar-refractivity contribution < 1.29 is 9.69 Å². The molecule has 3 rings (SSSR count). The van der Waals surface area contributed by atoms with Crippen LogP contribution in [0.4, 0.5) is 0 Å². The highest BCUT2D eigenvalue weighted by Gasteiger charge is 2.24. The lowest BCUT2D eigenvalue weighted by atomic mass is 10.0. The van der Waals surface area contributed by atoms with E-state index in [0.29, 0.717) is 11.8 Å². The summed E-state index contributed by atoms with van der Waals surface area (Å²) in [5, 5.41) is 3.20. The van der Waals surface area contributed by atoms with Crippen molar-refractivity contribution in [2.45, 2.75) is 38.3 Å². The zero-order chi connectivity index (χ0) is 17.5. The summed E-state index contributed by atoms with van der Waals surface area (Å²) in [5.41, 5.74) is 1.40. The van der Waals surface area contributed by atoms with Gasteiger partial charge in [0, 0.05) is 37.5 Å². The predicted molar refractivity (Wildman–Crippen MR) is 108 cm³/mol. The van der Waals surface area contributed by atoms with Crippen LogP contribution in [0.25, 0.3) is 0 Å². The number of benzene rings is 1. The van der Waals surface area contributed by atoms with E-state index in [1.807, 2.05) is 0 Å². The van der Waals surface area contributed by atoms with Crippen molar-refractivity contribution in [3.8, 4) is 0 Å². The second-order valence-corrected chi connectivity index (χ2v) is 8.61. The molecule has 25 heavy (non-hydrogen) atoms. The fourth-order valence-electron chi connectivity index (χ4n) is 3.62. The van der Waals surface area contributed by atoms with Crippen molar-refractivity contribution in [1.82, 2.24) is 10.2 Å². The third-order valence-electron chi connectivity index (χ3n) is 5.05. The van der Waals surface area contributed by atoms with E-state index in [0.717, 1.165) is 49.9 Å². The van der Waals surface area contributed by atoms with Crippen LogP contribution in [-0.2, 0) is 11.3 Å². The lowest BCUT2D eigenvalue weighted by Gasteiger charge is -2.30. The summed E-state index contributed by atoms with van der Waals surface area (Å²) in [5.74, 6) is 0.579. The van der Waals surface area contributed by atoms with Gasteiger partial charge in [-0.1, -0.05) is 54.3 Å². The van der Waals surface area contributed by atoms with Crippen LogP contribution in [0.2, 0.25) is 0 Å². The van der Waals surface area contributed by atoms with Gasteiger partial charge in [-0.05, 0) is 12.8 Å². The molecule has 2 aliphatic heterocycles. The van der Waals surface area contributed by atoms with E-state index in [-0.39, 0.29) is 5.91 Å². The Morgan fingerprint density at radius 1 is 1.20 bits per heavy atom. The minimum atomic E-state index is 0.128. The molecular weight excluding hydrogens is 350 g/mol. The molecule has 2 fully saturated rings. The lowest BCUT2D eigenvalue weighted by Crippen LogP contribution is -3.12. The first-order valence-electron chi connectivity index (χ1n) is 9.29. The van der Waals surface area contributed by atoms with Gasteiger partial charge in [0.2, 0.25) is 5.91 Å². The molecule has 136 valence electrons. The summed E-state index contributed by atoms with van der Waals surface area (Å²) in [6.45, 7) is 5.44. The maximum atomic E-state index is 12.2. The Labute approximate surface area is 160 Å². The fourth-order valence-corrected chi connectivity index (χ4v) is 4.68. The molecule has 6 heteroatoms. The van der Waals surface area contributed by atoms with Crippen LogP contribution < -0.4 is 10.2 Å². The van der Waals surface area contributed by atoms with Crippen molar-refractivity contribution in [3.63, 3.8) is 0 Å². The maximum absolute atomic E-state index is 12.2. The van der Waals surface area contributed by atoms with Crippen molar-refractivity contribution in [1.29, 1.82) is 0 Å². The van der Waals surface area contributed by atoms with Gasteiger partial charge in [0.05, 0.1) is 18.8 Å². The summed E-state index contributed by atoms with van der Waals surface area (Å²) >= 11 is 6.93. The molecule has 0 saturated carbocycles. The van der Waals surface area contributed by atoms with E-state index in [4.69, 9.17) is 12.2 Å². The molecule has 2 aliphatic rings. The lowest BCUT2D eigenvalue weighted by molar-refractivity contribution is -0.918. The molecule has 1 aromatic rings. The van der Waals surface area contributed by atoms with Crippen LogP contribution in [0, 0.1) is 0 Å². The van der Waals surface area contributed by atoms with Gasteiger partial charge in [-0.2, -0.15) is 0 Å². The number of carbonyl (C=O) groups is 1. The molecule has 4 nitrogen and oxygen atoms in total. The monoisotopic (exact) mass is 378 g/mol. The third kappa shape index (κ3) is 5.97. The van der Waals surface area contributed by atoms with Gasteiger partial charge in [-0.3, -0.25) is 4.79 Å². The van der Waals surface area contributed by atoms with Crippen LogP contribution in [0.1, 0.15) is 31.2 Å². The van der Waals surface area contributed by atoms with Crippen LogP contribution in [0.5, 0.6) is 0 Å². The second-order valence-electron chi connectivity index (χ2n) is 7.00. The number of carbonyl (C=O) groups excluding carboxylic acids is 1. The molecule has 0 unspecified atom stereocenters. The van der Waals surface area contributed by atoms with E-state index < -0.39 is 0 Å². The summed E-state index contributed by atoms with van der Waals surface area (Å²) in [4.78, 5) is 16.0. The maximum Gasteiger partial charge on any atom is 0.230 e. The topological polar surface area (TPSA) is 36.8 Å². The Kier molecular flexibility index (Phi) is 7.13. The molecule has 1 aromatic carbocycles. The summed E-state index contributed by atoms with van der Waals surface area (Å²) < 4.78 is 0.884. The van der Waals surface area contributed by atoms with Gasteiger partial charge in [0.25, 0.3) is 0 Å². The van der Waals surface area contributed by atoms with Crippen molar-refractivity contribution >= 4 is 34.2 Å². The van der Waals surface area contributed by atoms with E-state index in [9.17, 15) is 4.79 Å². The molecule has 0 aromatic heterocycles. The van der Waals surface area contributed by atoms with Gasteiger partial charge in [0.15, 0.2) is 0 Å². The first-order valence-corrected chi connectivity index (χ1v) is 10.7. The number of hydrogen-bond acceptors (Lipinski definition) is 3. The van der Waals surface area contributed by atoms with Crippen LogP contribution in [0.15, 0.2) is 30.3 Å². The number of thiocarbonyl (C=S) groups is 1. The van der Waals surface area contributed by atoms with E-state index >= 15 is 0 Å². The highest BCUT2D eigenvalue weighted by atomic mass is 32.2. The predicted octanol–water partition coefficient (Wildman–Crippen LogP) is 1.46.